The normalized spacial score (nSPS) is 17.3. The summed E-state index contributed by atoms with van der Waals surface area (Å²) in [6.45, 7) is 0.504. The average molecular weight is 249 g/mol. The minimum Gasteiger partial charge on any atom is -0.370 e. The zero-order chi connectivity index (χ0) is 13.0. The first kappa shape index (κ1) is 12.1. The zero-order valence-electron chi connectivity index (χ0n) is 9.76. The van der Waals surface area contributed by atoms with Crippen LogP contribution in [-0.2, 0) is 4.79 Å². The molecule has 1 unspecified atom stereocenters. The SMILES string of the molecule is NC(N)=NCCCC1Nc2ncncc2NC1=O. The first-order chi connectivity index (χ1) is 8.66. The highest BCUT2D eigenvalue weighted by Crippen LogP contribution is 2.23. The van der Waals surface area contributed by atoms with Gasteiger partial charge in [0.25, 0.3) is 0 Å². The number of fused-ring (bicyclic) bond motifs is 1. The lowest BCUT2D eigenvalue weighted by atomic mass is 10.1. The Balaban J connectivity index is 1.92. The van der Waals surface area contributed by atoms with Crippen molar-refractivity contribution >= 4 is 23.4 Å². The van der Waals surface area contributed by atoms with Crippen molar-refractivity contribution in [1.82, 2.24) is 9.97 Å². The number of nitrogens with one attached hydrogen (secondary N) is 2. The van der Waals surface area contributed by atoms with Crippen LogP contribution in [-0.4, -0.2) is 34.4 Å². The highest BCUT2D eigenvalue weighted by atomic mass is 16.2. The molecule has 8 nitrogen and oxygen atoms in total. The van der Waals surface area contributed by atoms with Gasteiger partial charge in [0.05, 0.1) is 6.20 Å². The Kier molecular flexibility index (Phi) is 3.56. The number of guanidine groups is 1. The molecule has 0 saturated carbocycles. The van der Waals surface area contributed by atoms with E-state index >= 15 is 0 Å². The predicted octanol–water partition coefficient (Wildman–Crippen LogP) is -0.737. The van der Waals surface area contributed by atoms with Crippen LogP contribution in [0.15, 0.2) is 17.5 Å². The number of aliphatic imine (C=N–C) groups is 1. The molecular formula is C10H15N7O. The molecule has 1 atom stereocenters. The number of hydrogen-bond donors (Lipinski definition) is 4. The molecule has 0 bridgehead atoms. The zero-order valence-corrected chi connectivity index (χ0v) is 9.76. The van der Waals surface area contributed by atoms with Gasteiger partial charge in [-0.15, -0.1) is 0 Å². The fraction of sp³-hybridized carbons (Fsp3) is 0.400. The molecule has 1 aliphatic rings. The lowest BCUT2D eigenvalue weighted by molar-refractivity contribution is -0.117. The number of carbonyl (C=O) groups excluding carboxylic acids is 1. The fourth-order valence-corrected chi connectivity index (χ4v) is 1.69. The molecule has 8 heteroatoms. The molecule has 0 aromatic carbocycles. The fourth-order valence-electron chi connectivity index (χ4n) is 1.69. The van der Waals surface area contributed by atoms with Crippen LogP contribution in [0.3, 0.4) is 0 Å². The summed E-state index contributed by atoms with van der Waals surface area (Å²) < 4.78 is 0. The summed E-state index contributed by atoms with van der Waals surface area (Å²) in [7, 11) is 0. The van der Waals surface area contributed by atoms with Gasteiger partial charge in [-0.3, -0.25) is 9.79 Å². The number of nitrogens with two attached hydrogens (primary N) is 2. The molecule has 18 heavy (non-hydrogen) atoms. The summed E-state index contributed by atoms with van der Waals surface area (Å²) in [5.74, 6) is 0.604. The smallest absolute Gasteiger partial charge is 0.247 e. The maximum absolute atomic E-state index is 11.8. The Labute approximate surface area is 104 Å². The number of nitrogens with zero attached hydrogens (tertiary/aromatic N) is 3. The number of amides is 1. The Hall–Kier alpha value is -2.38. The monoisotopic (exact) mass is 249 g/mol. The summed E-state index contributed by atoms with van der Waals surface area (Å²) in [4.78, 5) is 23.5. The molecule has 1 aromatic rings. The summed E-state index contributed by atoms with van der Waals surface area (Å²) in [6, 6.07) is -0.318. The molecule has 2 heterocycles. The van der Waals surface area contributed by atoms with E-state index < -0.39 is 0 Å². The topological polar surface area (TPSA) is 131 Å². The largest absolute Gasteiger partial charge is 0.370 e. The van der Waals surface area contributed by atoms with E-state index in [0.717, 1.165) is 0 Å². The second-order valence-electron chi connectivity index (χ2n) is 3.92. The van der Waals surface area contributed by atoms with Gasteiger partial charge in [0, 0.05) is 6.54 Å². The van der Waals surface area contributed by atoms with E-state index in [2.05, 4.69) is 25.6 Å². The number of carbonyl (C=O) groups is 1. The molecule has 0 radical (unpaired) electrons. The standard InChI is InChI=1S/C10H15N7O/c11-10(12)14-3-1-2-6-9(18)17-7-4-13-5-15-8(7)16-6/h4-6H,1-3H2,(H,17,18)(H4,11,12,14)(H,13,15,16). The van der Waals surface area contributed by atoms with Crippen LogP contribution in [0.25, 0.3) is 0 Å². The Morgan fingerprint density at radius 1 is 1.50 bits per heavy atom. The van der Waals surface area contributed by atoms with Gasteiger partial charge >= 0.3 is 0 Å². The molecule has 6 N–H and O–H groups in total. The van der Waals surface area contributed by atoms with Gasteiger partial charge in [-0.05, 0) is 12.8 Å². The molecule has 1 amide bonds. The quantitative estimate of drug-likeness (QED) is 0.316. The van der Waals surface area contributed by atoms with Gasteiger partial charge in [0.2, 0.25) is 5.91 Å². The van der Waals surface area contributed by atoms with Crippen molar-refractivity contribution in [3.8, 4) is 0 Å². The van der Waals surface area contributed by atoms with E-state index in [4.69, 9.17) is 11.5 Å². The Morgan fingerprint density at radius 3 is 3.11 bits per heavy atom. The number of hydrogen-bond acceptors (Lipinski definition) is 5. The van der Waals surface area contributed by atoms with Crippen LogP contribution in [0.4, 0.5) is 11.5 Å². The first-order valence-electron chi connectivity index (χ1n) is 5.59. The van der Waals surface area contributed by atoms with Crippen molar-refractivity contribution in [2.75, 3.05) is 17.2 Å². The van der Waals surface area contributed by atoms with Gasteiger partial charge in [-0.2, -0.15) is 0 Å². The van der Waals surface area contributed by atoms with Gasteiger partial charge < -0.3 is 22.1 Å². The summed E-state index contributed by atoms with van der Waals surface area (Å²) >= 11 is 0. The molecule has 0 spiro atoms. The van der Waals surface area contributed by atoms with Gasteiger partial charge in [-0.1, -0.05) is 0 Å². The van der Waals surface area contributed by atoms with E-state index in [1.807, 2.05) is 0 Å². The minimum atomic E-state index is -0.318. The average Bonchev–Trinajstić information content (AvgIpc) is 2.34. The van der Waals surface area contributed by atoms with Crippen LogP contribution in [0.5, 0.6) is 0 Å². The molecule has 0 fully saturated rings. The van der Waals surface area contributed by atoms with E-state index in [1.54, 1.807) is 6.20 Å². The molecule has 96 valence electrons. The third-order valence-electron chi connectivity index (χ3n) is 2.54. The highest BCUT2D eigenvalue weighted by molar-refractivity contribution is 6.01. The second kappa shape index (κ2) is 5.30. The molecule has 0 aliphatic carbocycles. The number of aromatic nitrogens is 2. The predicted molar refractivity (Wildman–Crippen MR) is 68.0 cm³/mol. The van der Waals surface area contributed by atoms with E-state index in [9.17, 15) is 4.79 Å². The molecule has 2 rings (SSSR count). The van der Waals surface area contributed by atoms with Crippen LogP contribution in [0.2, 0.25) is 0 Å². The number of rotatable bonds is 4. The Morgan fingerprint density at radius 2 is 2.33 bits per heavy atom. The summed E-state index contributed by atoms with van der Waals surface area (Å²) in [5.41, 5.74) is 11.0. The van der Waals surface area contributed by atoms with Crippen molar-refractivity contribution in [2.45, 2.75) is 18.9 Å². The maximum Gasteiger partial charge on any atom is 0.247 e. The van der Waals surface area contributed by atoms with Crippen molar-refractivity contribution < 1.29 is 4.79 Å². The van der Waals surface area contributed by atoms with Crippen LogP contribution in [0.1, 0.15) is 12.8 Å². The van der Waals surface area contributed by atoms with Crippen molar-refractivity contribution in [1.29, 1.82) is 0 Å². The third kappa shape index (κ3) is 2.84. The van der Waals surface area contributed by atoms with E-state index in [0.29, 0.717) is 30.9 Å². The maximum atomic E-state index is 11.8. The van der Waals surface area contributed by atoms with Gasteiger partial charge in [0.15, 0.2) is 11.8 Å². The third-order valence-corrected chi connectivity index (χ3v) is 2.54. The molecule has 1 aromatic heterocycles. The van der Waals surface area contributed by atoms with E-state index in [-0.39, 0.29) is 17.9 Å². The molecule has 1 aliphatic heterocycles. The lowest BCUT2D eigenvalue weighted by Gasteiger charge is -2.25. The highest BCUT2D eigenvalue weighted by Gasteiger charge is 2.25. The lowest BCUT2D eigenvalue weighted by Crippen LogP contribution is -2.39. The molecule has 0 saturated heterocycles. The van der Waals surface area contributed by atoms with Crippen molar-refractivity contribution in [2.24, 2.45) is 16.5 Å². The van der Waals surface area contributed by atoms with Crippen molar-refractivity contribution in [3.63, 3.8) is 0 Å². The summed E-state index contributed by atoms with van der Waals surface area (Å²) in [5, 5.41) is 5.81. The van der Waals surface area contributed by atoms with E-state index in [1.165, 1.54) is 6.33 Å². The van der Waals surface area contributed by atoms with Crippen LogP contribution < -0.4 is 22.1 Å². The van der Waals surface area contributed by atoms with Gasteiger partial charge in [-0.25, -0.2) is 9.97 Å². The van der Waals surface area contributed by atoms with Crippen LogP contribution in [0, 0.1) is 0 Å². The van der Waals surface area contributed by atoms with Crippen LogP contribution >= 0.6 is 0 Å². The van der Waals surface area contributed by atoms with Crippen molar-refractivity contribution in [3.05, 3.63) is 12.5 Å². The Bertz CT molecular complexity index is 469. The molecular weight excluding hydrogens is 234 g/mol. The first-order valence-corrected chi connectivity index (χ1v) is 5.59. The number of anilines is 2. The minimum absolute atomic E-state index is 0.0640. The summed E-state index contributed by atoms with van der Waals surface area (Å²) in [6.07, 6.45) is 4.33. The van der Waals surface area contributed by atoms with Gasteiger partial charge in [0.1, 0.15) is 18.1 Å². The second-order valence-corrected chi connectivity index (χ2v) is 3.92.